The number of likely N-dealkylation sites (tertiary alicyclic amines) is 1. The molecule has 2 atom stereocenters. The maximum absolute atomic E-state index is 12.7. The van der Waals surface area contributed by atoms with E-state index in [1.807, 2.05) is 26.0 Å². The van der Waals surface area contributed by atoms with Crippen LogP contribution in [0.25, 0.3) is 0 Å². The van der Waals surface area contributed by atoms with Crippen LogP contribution < -0.4 is 0 Å². The van der Waals surface area contributed by atoms with E-state index in [1.165, 1.54) is 7.11 Å². The van der Waals surface area contributed by atoms with E-state index >= 15 is 0 Å². The van der Waals surface area contributed by atoms with E-state index in [-0.39, 0.29) is 18.9 Å². The fourth-order valence-electron chi connectivity index (χ4n) is 3.15. The minimum atomic E-state index is -1.37. The second-order valence-corrected chi connectivity index (χ2v) is 6.44. The van der Waals surface area contributed by atoms with Gasteiger partial charge < -0.3 is 9.64 Å². The molecule has 1 aromatic carbocycles. The SMILES string of the molecule is COCCN1C[C@@H](C(=O)[C@@H](C#N)C(=O)c2cc(C)cc(C)c2)CC1=O. The molecule has 6 heteroatoms. The zero-order valence-electron chi connectivity index (χ0n) is 14.7. The van der Waals surface area contributed by atoms with Crippen LogP contribution in [0.1, 0.15) is 27.9 Å². The van der Waals surface area contributed by atoms with Crippen LogP contribution in [0.3, 0.4) is 0 Å². The minimum absolute atomic E-state index is 0.0425. The van der Waals surface area contributed by atoms with Crippen LogP contribution in [0.5, 0.6) is 0 Å². The van der Waals surface area contributed by atoms with Crippen molar-refractivity contribution in [2.45, 2.75) is 20.3 Å². The highest BCUT2D eigenvalue weighted by atomic mass is 16.5. The molecule has 2 rings (SSSR count). The molecule has 6 nitrogen and oxygen atoms in total. The lowest BCUT2D eigenvalue weighted by Gasteiger charge is -2.16. The van der Waals surface area contributed by atoms with Crippen molar-refractivity contribution in [3.05, 3.63) is 34.9 Å². The summed E-state index contributed by atoms with van der Waals surface area (Å²) < 4.78 is 4.95. The average Bonchev–Trinajstić information content (AvgIpc) is 2.93. The lowest BCUT2D eigenvalue weighted by atomic mass is 9.86. The molecule has 1 saturated heterocycles. The Kier molecular flexibility index (Phi) is 6.05. The summed E-state index contributed by atoms with van der Waals surface area (Å²) in [7, 11) is 1.54. The Balaban J connectivity index is 2.15. The van der Waals surface area contributed by atoms with Crippen LogP contribution in [-0.2, 0) is 14.3 Å². The first kappa shape index (κ1) is 18.8. The molecule has 25 heavy (non-hydrogen) atoms. The van der Waals surface area contributed by atoms with Gasteiger partial charge in [0.25, 0.3) is 0 Å². The number of carbonyl (C=O) groups is 3. The van der Waals surface area contributed by atoms with Gasteiger partial charge in [0.2, 0.25) is 5.91 Å². The molecule has 0 aromatic heterocycles. The number of rotatable bonds is 7. The fourth-order valence-corrected chi connectivity index (χ4v) is 3.15. The molecule has 1 aliphatic rings. The van der Waals surface area contributed by atoms with Crippen LogP contribution in [-0.4, -0.2) is 49.2 Å². The number of aryl methyl sites for hydroxylation is 2. The maximum Gasteiger partial charge on any atom is 0.223 e. The summed E-state index contributed by atoms with van der Waals surface area (Å²) in [6.45, 7) is 4.74. The summed E-state index contributed by atoms with van der Waals surface area (Å²) in [5, 5.41) is 9.39. The molecule has 0 N–H and O–H groups in total. The Morgan fingerprint density at radius 3 is 2.52 bits per heavy atom. The molecule has 0 saturated carbocycles. The molecule has 1 aromatic rings. The highest BCUT2D eigenvalue weighted by molar-refractivity contribution is 6.14. The molecule has 1 amide bonds. The number of hydrogen-bond acceptors (Lipinski definition) is 5. The van der Waals surface area contributed by atoms with Crippen molar-refractivity contribution in [2.24, 2.45) is 11.8 Å². The summed E-state index contributed by atoms with van der Waals surface area (Å²) in [6, 6.07) is 7.11. The number of hydrogen-bond donors (Lipinski definition) is 0. The summed E-state index contributed by atoms with van der Waals surface area (Å²) in [6.07, 6.45) is 0.0425. The first-order valence-corrected chi connectivity index (χ1v) is 8.20. The van der Waals surface area contributed by atoms with Crippen LogP contribution in [0, 0.1) is 37.0 Å². The van der Waals surface area contributed by atoms with Crippen LogP contribution >= 0.6 is 0 Å². The molecule has 0 spiro atoms. The zero-order valence-corrected chi connectivity index (χ0v) is 14.7. The smallest absolute Gasteiger partial charge is 0.223 e. The van der Waals surface area contributed by atoms with Crippen molar-refractivity contribution in [1.29, 1.82) is 5.26 Å². The summed E-state index contributed by atoms with van der Waals surface area (Å²) in [5.74, 6) is -3.11. The highest BCUT2D eigenvalue weighted by Crippen LogP contribution is 2.24. The van der Waals surface area contributed by atoms with E-state index < -0.39 is 23.4 Å². The molecule has 0 radical (unpaired) electrons. The Morgan fingerprint density at radius 2 is 1.96 bits per heavy atom. The van der Waals surface area contributed by atoms with Gasteiger partial charge >= 0.3 is 0 Å². The molecular formula is C19H22N2O4. The van der Waals surface area contributed by atoms with Crippen LogP contribution in [0.4, 0.5) is 0 Å². The minimum Gasteiger partial charge on any atom is -0.383 e. The number of nitrogens with zero attached hydrogens (tertiary/aromatic N) is 2. The fraction of sp³-hybridized carbons (Fsp3) is 0.474. The molecular weight excluding hydrogens is 320 g/mol. The first-order chi connectivity index (χ1) is 11.9. The summed E-state index contributed by atoms with van der Waals surface area (Å²) >= 11 is 0. The third kappa shape index (κ3) is 4.31. The van der Waals surface area contributed by atoms with E-state index in [0.29, 0.717) is 18.7 Å². The van der Waals surface area contributed by atoms with Gasteiger partial charge in [-0.1, -0.05) is 17.2 Å². The van der Waals surface area contributed by atoms with Gasteiger partial charge in [0, 0.05) is 38.1 Å². The predicted octanol–water partition coefficient (Wildman–Crippen LogP) is 1.69. The number of ketones is 2. The molecule has 1 fully saturated rings. The van der Waals surface area contributed by atoms with Gasteiger partial charge in [-0.15, -0.1) is 0 Å². The second kappa shape index (κ2) is 8.04. The third-order valence-electron chi connectivity index (χ3n) is 4.36. The van der Waals surface area contributed by atoms with Gasteiger partial charge in [-0.2, -0.15) is 5.26 Å². The van der Waals surface area contributed by atoms with Gasteiger partial charge in [0.15, 0.2) is 17.5 Å². The van der Waals surface area contributed by atoms with Crippen molar-refractivity contribution >= 4 is 17.5 Å². The number of Topliss-reactive ketones (excluding diaryl/α,β-unsaturated/α-hetero) is 2. The monoisotopic (exact) mass is 342 g/mol. The number of carbonyl (C=O) groups excluding carboxylic acids is 3. The van der Waals surface area contributed by atoms with Crippen molar-refractivity contribution in [1.82, 2.24) is 4.90 Å². The number of nitriles is 1. The number of benzene rings is 1. The second-order valence-electron chi connectivity index (χ2n) is 6.44. The molecule has 132 valence electrons. The molecule has 0 aliphatic carbocycles. The van der Waals surface area contributed by atoms with Crippen molar-refractivity contribution < 1.29 is 19.1 Å². The average molecular weight is 342 g/mol. The van der Waals surface area contributed by atoms with E-state index in [4.69, 9.17) is 4.74 Å². The van der Waals surface area contributed by atoms with Gasteiger partial charge in [0.05, 0.1) is 12.7 Å². The Labute approximate surface area is 147 Å². The van der Waals surface area contributed by atoms with Crippen molar-refractivity contribution in [3.63, 3.8) is 0 Å². The lowest BCUT2D eigenvalue weighted by Crippen LogP contribution is -2.32. The van der Waals surface area contributed by atoms with Gasteiger partial charge in [-0.25, -0.2) is 0 Å². The largest absolute Gasteiger partial charge is 0.383 e. The van der Waals surface area contributed by atoms with E-state index in [2.05, 4.69) is 0 Å². The van der Waals surface area contributed by atoms with E-state index in [0.717, 1.165) is 11.1 Å². The number of amides is 1. The number of ether oxygens (including phenoxy) is 1. The standard InChI is InChI=1S/C19H22N2O4/c1-12-6-13(2)8-14(7-12)18(23)16(10-20)19(24)15-9-17(22)21(11-15)4-5-25-3/h6-8,15-16H,4-5,9,11H2,1-3H3/t15-,16-/m0/s1. The summed E-state index contributed by atoms with van der Waals surface area (Å²) in [4.78, 5) is 38.9. The van der Waals surface area contributed by atoms with Gasteiger partial charge in [-0.3, -0.25) is 14.4 Å². The van der Waals surface area contributed by atoms with Crippen LogP contribution in [0.15, 0.2) is 18.2 Å². The molecule has 0 unspecified atom stereocenters. The normalized spacial score (nSPS) is 18.1. The Hall–Kier alpha value is -2.52. The van der Waals surface area contributed by atoms with Gasteiger partial charge in [0.1, 0.15) is 0 Å². The first-order valence-electron chi connectivity index (χ1n) is 8.20. The Bertz CT molecular complexity index is 715. The van der Waals surface area contributed by atoms with E-state index in [9.17, 15) is 19.6 Å². The van der Waals surface area contributed by atoms with E-state index in [1.54, 1.807) is 17.0 Å². The topological polar surface area (TPSA) is 87.5 Å². The molecule has 1 aliphatic heterocycles. The quantitative estimate of drug-likeness (QED) is 0.556. The number of methoxy groups -OCH3 is 1. The van der Waals surface area contributed by atoms with Gasteiger partial charge in [-0.05, 0) is 26.0 Å². The van der Waals surface area contributed by atoms with Crippen molar-refractivity contribution in [3.8, 4) is 6.07 Å². The zero-order chi connectivity index (χ0) is 18.6. The molecule has 1 heterocycles. The highest BCUT2D eigenvalue weighted by Gasteiger charge is 2.39. The van der Waals surface area contributed by atoms with Crippen molar-refractivity contribution in [2.75, 3.05) is 26.8 Å². The Morgan fingerprint density at radius 1 is 1.32 bits per heavy atom. The summed E-state index contributed by atoms with van der Waals surface area (Å²) in [5.41, 5.74) is 2.15. The third-order valence-corrected chi connectivity index (χ3v) is 4.36. The predicted molar refractivity (Wildman–Crippen MR) is 90.9 cm³/mol. The van der Waals surface area contributed by atoms with Crippen LogP contribution in [0.2, 0.25) is 0 Å². The lowest BCUT2D eigenvalue weighted by molar-refractivity contribution is -0.129. The molecule has 0 bridgehead atoms. The maximum atomic E-state index is 12.7.